The van der Waals surface area contributed by atoms with Crippen LogP contribution in [0.5, 0.6) is 5.75 Å². The molecule has 1 rings (SSSR count). The molecule has 0 unspecified atom stereocenters. The molecule has 0 fully saturated rings. The standard InChI is InChI=1S/C10H10FNO2/c1-7(2)6-14-8-3-4-10(12-13)9(11)5-8/h3-5H,1,6H2,2H3. The van der Waals surface area contributed by atoms with Crippen LogP contribution in [-0.4, -0.2) is 6.61 Å². The van der Waals surface area contributed by atoms with Crippen LogP contribution in [0.1, 0.15) is 6.92 Å². The summed E-state index contributed by atoms with van der Waals surface area (Å²) >= 11 is 0. The average molecular weight is 195 g/mol. The molecule has 0 saturated carbocycles. The van der Waals surface area contributed by atoms with Gasteiger partial charge in [-0.05, 0) is 29.8 Å². The van der Waals surface area contributed by atoms with Crippen molar-refractivity contribution in [3.05, 3.63) is 41.1 Å². The van der Waals surface area contributed by atoms with Crippen molar-refractivity contribution in [3.8, 4) is 5.75 Å². The van der Waals surface area contributed by atoms with Gasteiger partial charge in [0.1, 0.15) is 18.0 Å². The Morgan fingerprint density at radius 2 is 2.36 bits per heavy atom. The van der Waals surface area contributed by atoms with Crippen molar-refractivity contribution in [2.75, 3.05) is 6.61 Å². The van der Waals surface area contributed by atoms with Crippen molar-refractivity contribution in [1.82, 2.24) is 0 Å². The van der Waals surface area contributed by atoms with E-state index < -0.39 is 5.82 Å². The van der Waals surface area contributed by atoms with E-state index in [0.717, 1.165) is 11.6 Å². The Morgan fingerprint density at radius 3 is 2.86 bits per heavy atom. The second-order valence-electron chi connectivity index (χ2n) is 2.95. The van der Waals surface area contributed by atoms with Gasteiger partial charge >= 0.3 is 0 Å². The summed E-state index contributed by atoms with van der Waals surface area (Å²) in [6, 6.07) is 3.89. The molecule has 3 nitrogen and oxygen atoms in total. The second-order valence-corrected chi connectivity index (χ2v) is 2.95. The zero-order chi connectivity index (χ0) is 10.6. The van der Waals surface area contributed by atoms with Gasteiger partial charge < -0.3 is 4.74 Å². The summed E-state index contributed by atoms with van der Waals surface area (Å²) in [7, 11) is 0. The predicted octanol–water partition coefficient (Wildman–Crippen LogP) is 3.18. The summed E-state index contributed by atoms with van der Waals surface area (Å²) in [5.41, 5.74) is 0.621. The van der Waals surface area contributed by atoms with E-state index in [9.17, 15) is 9.30 Å². The lowest BCUT2D eigenvalue weighted by atomic mass is 10.3. The third-order valence-electron chi connectivity index (χ3n) is 1.50. The number of nitroso groups, excluding NO2 is 1. The van der Waals surface area contributed by atoms with Gasteiger partial charge in [0.05, 0.1) is 0 Å². The topological polar surface area (TPSA) is 38.7 Å². The molecular weight excluding hydrogens is 185 g/mol. The first-order valence-electron chi connectivity index (χ1n) is 4.03. The van der Waals surface area contributed by atoms with Crippen molar-refractivity contribution in [3.63, 3.8) is 0 Å². The number of nitrogens with zero attached hydrogens (tertiary/aromatic N) is 1. The van der Waals surface area contributed by atoms with Gasteiger partial charge in [0.15, 0.2) is 5.82 Å². The van der Waals surface area contributed by atoms with Crippen LogP contribution in [-0.2, 0) is 0 Å². The number of benzene rings is 1. The lowest BCUT2D eigenvalue weighted by Crippen LogP contribution is -1.97. The fourth-order valence-electron chi connectivity index (χ4n) is 0.858. The van der Waals surface area contributed by atoms with Crippen molar-refractivity contribution in [1.29, 1.82) is 0 Å². The SMILES string of the molecule is C=C(C)COc1ccc(N=O)c(F)c1. The highest BCUT2D eigenvalue weighted by atomic mass is 19.1. The minimum atomic E-state index is -0.681. The lowest BCUT2D eigenvalue weighted by Gasteiger charge is -2.05. The number of ether oxygens (including phenoxy) is 1. The van der Waals surface area contributed by atoms with Crippen LogP contribution in [0.15, 0.2) is 35.5 Å². The summed E-state index contributed by atoms with van der Waals surface area (Å²) < 4.78 is 18.1. The molecule has 0 radical (unpaired) electrons. The molecule has 0 aromatic heterocycles. The van der Waals surface area contributed by atoms with Crippen LogP contribution < -0.4 is 4.74 Å². The molecule has 0 bridgehead atoms. The molecule has 0 saturated heterocycles. The molecule has 4 heteroatoms. The first-order valence-corrected chi connectivity index (χ1v) is 4.03. The van der Waals surface area contributed by atoms with E-state index in [-0.39, 0.29) is 5.69 Å². The highest BCUT2D eigenvalue weighted by Crippen LogP contribution is 2.22. The molecule has 74 valence electrons. The van der Waals surface area contributed by atoms with Gasteiger partial charge in [0, 0.05) is 6.07 Å². The molecule has 0 aliphatic carbocycles. The molecule has 0 heterocycles. The minimum Gasteiger partial charge on any atom is -0.489 e. The van der Waals surface area contributed by atoms with Crippen LogP contribution in [0.25, 0.3) is 0 Å². The average Bonchev–Trinajstić information content (AvgIpc) is 2.15. The van der Waals surface area contributed by atoms with Gasteiger partial charge in [-0.1, -0.05) is 6.58 Å². The van der Waals surface area contributed by atoms with Crippen LogP contribution in [0.2, 0.25) is 0 Å². The van der Waals surface area contributed by atoms with E-state index in [4.69, 9.17) is 4.74 Å². The molecule has 1 aromatic rings. The fourth-order valence-corrected chi connectivity index (χ4v) is 0.858. The monoisotopic (exact) mass is 195 g/mol. The smallest absolute Gasteiger partial charge is 0.156 e. The van der Waals surface area contributed by atoms with E-state index in [2.05, 4.69) is 11.8 Å². The van der Waals surface area contributed by atoms with Crippen molar-refractivity contribution in [2.45, 2.75) is 6.92 Å². The maximum absolute atomic E-state index is 13.0. The van der Waals surface area contributed by atoms with Crippen molar-refractivity contribution >= 4 is 5.69 Å². The van der Waals surface area contributed by atoms with Crippen LogP contribution >= 0.6 is 0 Å². The first-order chi connectivity index (χ1) is 6.63. The number of hydrogen-bond donors (Lipinski definition) is 0. The van der Waals surface area contributed by atoms with E-state index in [1.165, 1.54) is 12.1 Å². The van der Waals surface area contributed by atoms with E-state index in [1.807, 2.05) is 0 Å². The fraction of sp³-hybridized carbons (Fsp3) is 0.200. The summed E-state index contributed by atoms with van der Waals surface area (Å²) in [4.78, 5) is 10.1. The van der Waals surface area contributed by atoms with E-state index >= 15 is 0 Å². The summed E-state index contributed by atoms with van der Waals surface area (Å²) in [6.45, 7) is 5.77. The van der Waals surface area contributed by atoms with Crippen LogP contribution in [0.3, 0.4) is 0 Å². The summed E-state index contributed by atoms with van der Waals surface area (Å²) in [5, 5.41) is 2.51. The van der Waals surface area contributed by atoms with E-state index in [0.29, 0.717) is 12.4 Å². The van der Waals surface area contributed by atoms with Crippen molar-refractivity contribution in [2.24, 2.45) is 5.18 Å². The Kier molecular flexibility index (Phi) is 3.34. The van der Waals surface area contributed by atoms with Gasteiger partial charge in [-0.2, -0.15) is 0 Å². The molecule has 0 amide bonds. The number of rotatable bonds is 4. The quantitative estimate of drug-likeness (QED) is 0.546. The Hall–Kier alpha value is -1.71. The molecule has 0 spiro atoms. The molecule has 0 atom stereocenters. The maximum atomic E-state index is 13.0. The summed E-state index contributed by atoms with van der Waals surface area (Å²) in [5.74, 6) is -0.322. The van der Waals surface area contributed by atoms with Gasteiger partial charge in [0.25, 0.3) is 0 Å². The Bertz CT molecular complexity index is 363. The van der Waals surface area contributed by atoms with Gasteiger partial charge in [-0.3, -0.25) is 0 Å². The zero-order valence-corrected chi connectivity index (χ0v) is 7.79. The molecule has 0 N–H and O–H groups in total. The highest BCUT2D eigenvalue weighted by Gasteiger charge is 2.03. The normalized spacial score (nSPS) is 9.57. The molecule has 0 aliphatic rings. The summed E-state index contributed by atoms with van der Waals surface area (Å²) in [6.07, 6.45) is 0. The Labute approximate surface area is 81.2 Å². The third-order valence-corrected chi connectivity index (χ3v) is 1.50. The highest BCUT2D eigenvalue weighted by molar-refractivity contribution is 5.42. The Balaban J connectivity index is 2.76. The van der Waals surface area contributed by atoms with Gasteiger partial charge in [0.2, 0.25) is 0 Å². The number of hydrogen-bond acceptors (Lipinski definition) is 3. The molecule has 1 aromatic carbocycles. The maximum Gasteiger partial charge on any atom is 0.156 e. The molecule has 0 aliphatic heterocycles. The minimum absolute atomic E-state index is 0.215. The number of halogens is 1. The first kappa shape index (κ1) is 10.4. The van der Waals surface area contributed by atoms with Crippen LogP contribution in [0, 0.1) is 10.7 Å². The second kappa shape index (κ2) is 4.50. The Morgan fingerprint density at radius 1 is 1.64 bits per heavy atom. The molecular formula is C10H10FNO2. The predicted molar refractivity (Wildman–Crippen MR) is 52.2 cm³/mol. The lowest BCUT2D eigenvalue weighted by molar-refractivity contribution is 0.350. The van der Waals surface area contributed by atoms with E-state index in [1.54, 1.807) is 6.92 Å². The third kappa shape index (κ3) is 2.65. The zero-order valence-electron chi connectivity index (χ0n) is 7.79. The van der Waals surface area contributed by atoms with Gasteiger partial charge in [-0.25, -0.2) is 4.39 Å². The van der Waals surface area contributed by atoms with Crippen LogP contribution in [0.4, 0.5) is 10.1 Å². The van der Waals surface area contributed by atoms with Crippen molar-refractivity contribution < 1.29 is 9.13 Å². The molecule has 14 heavy (non-hydrogen) atoms. The largest absolute Gasteiger partial charge is 0.489 e. The van der Waals surface area contributed by atoms with Gasteiger partial charge in [-0.15, -0.1) is 4.91 Å².